The number of aromatic nitrogens is 1. The van der Waals surface area contributed by atoms with E-state index in [0.717, 1.165) is 0 Å². The van der Waals surface area contributed by atoms with Gasteiger partial charge in [0, 0.05) is 6.20 Å². The quantitative estimate of drug-likeness (QED) is 0.807. The van der Waals surface area contributed by atoms with Gasteiger partial charge in [0.2, 0.25) is 0 Å². The third-order valence-corrected chi connectivity index (χ3v) is 2.41. The summed E-state index contributed by atoms with van der Waals surface area (Å²) in [6.07, 6.45) is 3.20. The Balaban J connectivity index is 2.27. The van der Waals surface area contributed by atoms with Crippen LogP contribution >= 0.6 is 0 Å². The summed E-state index contributed by atoms with van der Waals surface area (Å²) in [7, 11) is 1.48. The molecule has 1 heterocycles. The van der Waals surface area contributed by atoms with Crippen LogP contribution in [0.1, 0.15) is 10.4 Å². The van der Waals surface area contributed by atoms with Crippen molar-refractivity contribution in [2.45, 2.75) is 0 Å². The molecule has 0 fully saturated rings. The van der Waals surface area contributed by atoms with Gasteiger partial charge < -0.3 is 15.8 Å². The highest BCUT2D eigenvalue weighted by Gasteiger charge is 2.14. The highest BCUT2D eigenvalue weighted by molar-refractivity contribution is 6.07. The molecule has 5 nitrogen and oxygen atoms in total. The van der Waals surface area contributed by atoms with Crippen LogP contribution in [0, 0.1) is 0 Å². The molecule has 0 atom stereocenters. The lowest BCUT2D eigenvalue weighted by molar-refractivity contribution is 0.102. The Morgan fingerprint density at radius 3 is 2.83 bits per heavy atom. The summed E-state index contributed by atoms with van der Waals surface area (Å²) in [4.78, 5) is 16.0. The van der Waals surface area contributed by atoms with Gasteiger partial charge in [-0.1, -0.05) is 6.07 Å². The highest BCUT2D eigenvalue weighted by Crippen LogP contribution is 2.26. The number of nitrogens with one attached hydrogen (secondary N) is 1. The van der Waals surface area contributed by atoms with Crippen LogP contribution in [0.4, 0.5) is 11.4 Å². The number of benzene rings is 1. The van der Waals surface area contributed by atoms with Crippen LogP contribution < -0.4 is 15.8 Å². The Morgan fingerprint density at radius 1 is 1.33 bits per heavy atom. The molecule has 0 unspecified atom stereocenters. The van der Waals surface area contributed by atoms with E-state index in [9.17, 15) is 4.79 Å². The van der Waals surface area contributed by atoms with E-state index in [4.69, 9.17) is 10.5 Å². The summed E-state index contributed by atoms with van der Waals surface area (Å²) in [5, 5.41) is 2.72. The molecule has 0 saturated heterocycles. The molecular weight excluding hydrogens is 230 g/mol. The Kier molecular flexibility index (Phi) is 3.43. The van der Waals surface area contributed by atoms with Gasteiger partial charge in [0.1, 0.15) is 0 Å². The molecular formula is C13H13N3O2. The minimum atomic E-state index is -0.285. The molecule has 5 heteroatoms. The lowest BCUT2D eigenvalue weighted by atomic mass is 10.1. The summed E-state index contributed by atoms with van der Waals surface area (Å²) < 4.78 is 5.13. The van der Waals surface area contributed by atoms with Crippen LogP contribution in [0.15, 0.2) is 42.7 Å². The monoisotopic (exact) mass is 243 g/mol. The largest absolute Gasteiger partial charge is 0.494 e. The molecule has 0 radical (unpaired) electrons. The summed E-state index contributed by atoms with van der Waals surface area (Å²) in [6.45, 7) is 0. The molecule has 1 amide bonds. The maximum Gasteiger partial charge on any atom is 0.259 e. The lowest BCUT2D eigenvalue weighted by Gasteiger charge is -2.10. The lowest BCUT2D eigenvalue weighted by Crippen LogP contribution is -2.14. The summed E-state index contributed by atoms with van der Waals surface area (Å²) in [6, 6.07) is 8.53. The number of anilines is 2. The molecule has 0 spiro atoms. The topological polar surface area (TPSA) is 77.2 Å². The van der Waals surface area contributed by atoms with Crippen molar-refractivity contribution >= 4 is 17.3 Å². The molecule has 3 N–H and O–H groups in total. The molecule has 0 aliphatic rings. The molecule has 0 aliphatic heterocycles. The Hall–Kier alpha value is -2.56. The van der Waals surface area contributed by atoms with Crippen LogP contribution in [0.25, 0.3) is 0 Å². The number of nitrogens with zero attached hydrogens (tertiary/aromatic N) is 1. The van der Waals surface area contributed by atoms with Crippen molar-refractivity contribution in [2.24, 2.45) is 0 Å². The normalized spacial score (nSPS) is 9.83. The number of rotatable bonds is 3. The van der Waals surface area contributed by atoms with Crippen LogP contribution in [-0.2, 0) is 0 Å². The van der Waals surface area contributed by atoms with E-state index in [1.54, 1.807) is 42.7 Å². The van der Waals surface area contributed by atoms with E-state index in [1.807, 2.05) is 0 Å². The second-order valence-corrected chi connectivity index (χ2v) is 3.62. The minimum Gasteiger partial charge on any atom is -0.494 e. The second-order valence-electron chi connectivity index (χ2n) is 3.62. The van der Waals surface area contributed by atoms with E-state index in [0.29, 0.717) is 22.7 Å². The maximum absolute atomic E-state index is 12.1. The van der Waals surface area contributed by atoms with Crippen LogP contribution in [-0.4, -0.2) is 18.0 Å². The standard InChI is InChI=1S/C13H13N3O2/c1-18-12-10(5-2-6-11(12)14)13(17)16-9-4-3-7-15-8-9/h2-8H,14H2,1H3,(H,16,17). The van der Waals surface area contributed by atoms with Crippen LogP contribution in [0.2, 0.25) is 0 Å². The average molecular weight is 243 g/mol. The number of nitrogen functional groups attached to an aromatic ring is 1. The SMILES string of the molecule is COc1c(N)cccc1C(=O)Nc1cccnc1. The number of methoxy groups -OCH3 is 1. The van der Waals surface area contributed by atoms with Crippen molar-refractivity contribution in [2.75, 3.05) is 18.2 Å². The van der Waals surface area contributed by atoms with E-state index >= 15 is 0 Å². The number of hydrogen-bond donors (Lipinski definition) is 2. The van der Waals surface area contributed by atoms with Crippen molar-refractivity contribution in [3.8, 4) is 5.75 Å². The summed E-state index contributed by atoms with van der Waals surface area (Å²) >= 11 is 0. The number of carbonyl (C=O) groups is 1. The van der Waals surface area contributed by atoms with Crippen molar-refractivity contribution in [3.05, 3.63) is 48.3 Å². The number of para-hydroxylation sites is 1. The smallest absolute Gasteiger partial charge is 0.259 e. The molecule has 0 bridgehead atoms. The third-order valence-electron chi connectivity index (χ3n) is 2.41. The molecule has 1 aromatic carbocycles. The maximum atomic E-state index is 12.1. The van der Waals surface area contributed by atoms with Gasteiger partial charge in [-0.15, -0.1) is 0 Å². The molecule has 0 aliphatic carbocycles. The van der Waals surface area contributed by atoms with Crippen molar-refractivity contribution in [1.29, 1.82) is 0 Å². The Labute approximate surface area is 105 Å². The number of ether oxygens (including phenoxy) is 1. The fourth-order valence-electron chi connectivity index (χ4n) is 1.60. The molecule has 2 aromatic rings. The molecule has 18 heavy (non-hydrogen) atoms. The zero-order valence-electron chi connectivity index (χ0n) is 9.88. The van der Waals surface area contributed by atoms with Gasteiger partial charge in [0.25, 0.3) is 5.91 Å². The van der Waals surface area contributed by atoms with E-state index < -0.39 is 0 Å². The fourth-order valence-corrected chi connectivity index (χ4v) is 1.60. The number of nitrogens with two attached hydrogens (primary N) is 1. The van der Waals surface area contributed by atoms with E-state index in [-0.39, 0.29) is 5.91 Å². The van der Waals surface area contributed by atoms with Crippen LogP contribution in [0.3, 0.4) is 0 Å². The third kappa shape index (κ3) is 2.40. The van der Waals surface area contributed by atoms with Crippen molar-refractivity contribution in [1.82, 2.24) is 4.98 Å². The molecule has 1 aromatic heterocycles. The zero-order chi connectivity index (χ0) is 13.0. The van der Waals surface area contributed by atoms with Crippen LogP contribution in [0.5, 0.6) is 5.75 Å². The van der Waals surface area contributed by atoms with Gasteiger partial charge in [0.15, 0.2) is 5.75 Å². The predicted molar refractivity (Wildman–Crippen MR) is 69.6 cm³/mol. The molecule has 92 valence electrons. The first-order valence-corrected chi connectivity index (χ1v) is 5.36. The van der Waals surface area contributed by atoms with Gasteiger partial charge in [-0.25, -0.2) is 0 Å². The van der Waals surface area contributed by atoms with Gasteiger partial charge in [-0.3, -0.25) is 9.78 Å². The summed E-state index contributed by atoms with van der Waals surface area (Å²) in [5.41, 5.74) is 7.18. The molecule has 0 saturated carbocycles. The summed E-state index contributed by atoms with van der Waals surface area (Å²) in [5.74, 6) is 0.0889. The molecule has 2 rings (SSSR count). The van der Waals surface area contributed by atoms with Crippen molar-refractivity contribution < 1.29 is 9.53 Å². The Morgan fingerprint density at radius 2 is 2.17 bits per heavy atom. The zero-order valence-corrected chi connectivity index (χ0v) is 9.88. The van der Waals surface area contributed by atoms with E-state index in [1.165, 1.54) is 7.11 Å². The first-order chi connectivity index (χ1) is 8.72. The minimum absolute atomic E-state index is 0.285. The Bertz CT molecular complexity index is 555. The second kappa shape index (κ2) is 5.18. The number of pyridine rings is 1. The number of hydrogen-bond acceptors (Lipinski definition) is 4. The van der Waals surface area contributed by atoms with Crippen molar-refractivity contribution in [3.63, 3.8) is 0 Å². The highest BCUT2D eigenvalue weighted by atomic mass is 16.5. The average Bonchev–Trinajstić information content (AvgIpc) is 2.39. The van der Waals surface area contributed by atoms with E-state index in [2.05, 4.69) is 10.3 Å². The first kappa shape index (κ1) is 11.9. The predicted octanol–water partition coefficient (Wildman–Crippen LogP) is 1.92. The van der Waals surface area contributed by atoms with Gasteiger partial charge in [-0.05, 0) is 24.3 Å². The number of carbonyl (C=O) groups excluding carboxylic acids is 1. The van der Waals surface area contributed by atoms with Gasteiger partial charge in [-0.2, -0.15) is 0 Å². The van der Waals surface area contributed by atoms with Gasteiger partial charge >= 0.3 is 0 Å². The fraction of sp³-hybridized carbons (Fsp3) is 0.0769. The first-order valence-electron chi connectivity index (χ1n) is 5.36. The van der Waals surface area contributed by atoms with Gasteiger partial charge in [0.05, 0.1) is 30.2 Å². The number of amides is 1.